The third-order valence-electron chi connectivity index (χ3n) is 3.63. The number of benzene rings is 1. The van der Waals surface area contributed by atoms with Crippen LogP contribution in [0.4, 0.5) is 0 Å². The molecule has 0 aliphatic heterocycles. The Bertz CT molecular complexity index is 847. The summed E-state index contributed by atoms with van der Waals surface area (Å²) in [6.07, 6.45) is 0. The van der Waals surface area contributed by atoms with E-state index in [1.54, 1.807) is 11.9 Å². The predicted molar refractivity (Wildman–Crippen MR) is 87.9 cm³/mol. The van der Waals surface area contributed by atoms with Crippen LogP contribution in [0.2, 0.25) is 0 Å². The lowest BCUT2D eigenvalue weighted by molar-refractivity contribution is 0.0744. The highest BCUT2D eigenvalue weighted by atomic mass is 79.9. The number of carbonyl (C=O) groups is 1. The summed E-state index contributed by atoms with van der Waals surface area (Å²) in [6, 6.07) is 9.48. The van der Waals surface area contributed by atoms with Crippen molar-refractivity contribution in [1.82, 2.24) is 4.90 Å². The molecule has 3 aromatic rings. The molecule has 114 valence electrons. The van der Waals surface area contributed by atoms with E-state index in [0.29, 0.717) is 17.9 Å². The molecule has 0 aliphatic carbocycles. The van der Waals surface area contributed by atoms with E-state index in [1.807, 2.05) is 44.2 Å². The highest BCUT2D eigenvalue weighted by molar-refractivity contribution is 9.10. The van der Waals surface area contributed by atoms with Crippen LogP contribution in [-0.4, -0.2) is 17.9 Å². The molecule has 0 spiro atoms. The molecule has 0 bridgehead atoms. The average Bonchev–Trinajstić information content (AvgIpc) is 3.02. The van der Waals surface area contributed by atoms with Crippen LogP contribution in [-0.2, 0) is 6.54 Å². The summed E-state index contributed by atoms with van der Waals surface area (Å²) < 4.78 is 12.2. The van der Waals surface area contributed by atoms with Crippen molar-refractivity contribution in [3.05, 3.63) is 57.6 Å². The average molecular weight is 362 g/mol. The Morgan fingerprint density at radius 1 is 1.18 bits per heavy atom. The summed E-state index contributed by atoms with van der Waals surface area (Å²) in [5.41, 5.74) is 1.56. The molecule has 2 aromatic heterocycles. The van der Waals surface area contributed by atoms with Crippen LogP contribution >= 0.6 is 15.9 Å². The van der Waals surface area contributed by atoms with Crippen LogP contribution in [0.15, 0.2) is 43.6 Å². The van der Waals surface area contributed by atoms with Crippen molar-refractivity contribution in [3.8, 4) is 0 Å². The number of carbonyl (C=O) groups excluding carboxylic acids is 1. The standard InChI is InChI=1S/C17H16BrNO3/c1-10-4-6-13(21-10)9-19(3)17(20)16-11(2)14-8-12(18)5-7-15(14)22-16/h4-8H,9H2,1-3H3. The highest BCUT2D eigenvalue weighted by Gasteiger charge is 2.21. The summed E-state index contributed by atoms with van der Waals surface area (Å²) in [5, 5.41) is 0.944. The van der Waals surface area contributed by atoms with E-state index in [0.717, 1.165) is 26.9 Å². The van der Waals surface area contributed by atoms with Gasteiger partial charge in [-0.1, -0.05) is 15.9 Å². The maximum absolute atomic E-state index is 12.6. The summed E-state index contributed by atoms with van der Waals surface area (Å²) >= 11 is 3.44. The number of furan rings is 2. The van der Waals surface area contributed by atoms with Crippen LogP contribution in [0.3, 0.4) is 0 Å². The van der Waals surface area contributed by atoms with Gasteiger partial charge in [-0.3, -0.25) is 4.79 Å². The minimum atomic E-state index is -0.154. The number of hydrogen-bond acceptors (Lipinski definition) is 3. The Morgan fingerprint density at radius 2 is 1.95 bits per heavy atom. The van der Waals surface area contributed by atoms with Crippen molar-refractivity contribution in [3.63, 3.8) is 0 Å². The first kappa shape index (κ1) is 14.9. The largest absolute Gasteiger partial charge is 0.464 e. The third kappa shape index (κ3) is 2.68. The van der Waals surface area contributed by atoms with Gasteiger partial charge in [0.1, 0.15) is 17.1 Å². The summed E-state index contributed by atoms with van der Waals surface area (Å²) in [4.78, 5) is 14.2. The second kappa shape index (κ2) is 5.65. The van der Waals surface area contributed by atoms with E-state index in [2.05, 4.69) is 15.9 Å². The number of aryl methyl sites for hydroxylation is 2. The molecule has 0 unspecified atom stereocenters. The number of amides is 1. The fourth-order valence-corrected chi connectivity index (χ4v) is 2.81. The van der Waals surface area contributed by atoms with Crippen molar-refractivity contribution in [2.24, 2.45) is 0 Å². The van der Waals surface area contributed by atoms with Crippen molar-refractivity contribution >= 4 is 32.8 Å². The Kier molecular flexibility index (Phi) is 3.83. The lowest BCUT2D eigenvalue weighted by Gasteiger charge is -2.14. The molecule has 0 radical (unpaired) electrons. The normalized spacial score (nSPS) is 11.1. The van der Waals surface area contributed by atoms with Gasteiger partial charge in [0.05, 0.1) is 6.54 Å². The zero-order valence-electron chi connectivity index (χ0n) is 12.6. The fourth-order valence-electron chi connectivity index (χ4n) is 2.45. The molecule has 22 heavy (non-hydrogen) atoms. The van der Waals surface area contributed by atoms with Gasteiger partial charge in [0, 0.05) is 22.5 Å². The van der Waals surface area contributed by atoms with Gasteiger partial charge in [0.2, 0.25) is 0 Å². The van der Waals surface area contributed by atoms with Gasteiger partial charge >= 0.3 is 0 Å². The van der Waals surface area contributed by atoms with Crippen molar-refractivity contribution in [1.29, 1.82) is 0 Å². The topological polar surface area (TPSA) is 46.6 Å². The molecule has 3 rings (SSSR count). The number of nitrogens with zero attached hydrogens (tertiary/aromatic N) is 1. The fraction of sp³-hybridized carbons (Fsp3) is 0.235. The van der Waals surface area contributed by atoms with Crippen LogP contribution in [0.5, 0.6) is 0 Å². The Labute approximate surface area is 136 Å². The minimum absolute atomic E-state index is 0.154. The monoisotopic (exact) mass is 361 g/mol. The zero-order chi connectivity index (χ0) is 15.9. The summed E-state index contributed by atoms with van der Waals surface area (Å²) in [7, 11) is 1.74. The van der Waals surface area contributed by atoms with E-state index in [9.17, 15) is 4.79 Å². The molecule has 1 aromatic carbocycles. The third-order valence-corrected chi connectivity index (χ3v) is 4.12. The molecule has 0 atom stereocenters. The van der Waals surface area contributed by atoms with Crippen LogP contribution < -0.4 is 0 Å². The van der Waals surface area contributed by atoms with E-state index in [1.165, 1.54) is 0 Å². The minimum Gasteiger partial charge on any atom is -0.464 e. The molecule has 0 aliphatic rings. The van der Waals surface area contributed by atoms with Crippen molar-refractivity contribution < 1.29 is 13.6 Å². The second-order valence-electron chi connectivity index (χ2n) is 5.37. The molecule has 5 heteroatoms. The Balaban J connectivity index is 1.89. The summed E-state index contributed by atoms with van der Waals surface area (Å²) in [6.45, 7) is 4.19. The van der Waals surface area contributed by atoms with Crippen LogP contribution in [0, 0.1) is 13.8 Å². The molecule has 4 nitrogen and oxygen atoms in total. The maximum Gasteiger partial charge on any atom is 0.290 e. The molecule has 1 amide bonds. The molecule has 0 saturated heterocycles. The number of fused-ring (bicyclic) bond motifs is 1. The lowest BCUT2D eigenvalue weighted by atomic mass is 10.1. The smallest absolute Gasteiger partial charge is 0.290 e. The number of rotatable bonds is 3. The van der Waals surface area contributed by atoms with Crippen molar-refractivity contribution in [2.45, 2.75) is 20.4 Å². The SMILES string of the molecule is Cc1ccc(CN(C)C(=O)c2oc3ccc(Br)cc3c2C)o1. The second-order valence-corrected chi connectivity index (χ2v) is 6.29. The first-order valence-corrected chi connectivity index (χ1v) is 7.74. The van der Waals surface area contributed by atoms with E-state index < -0.39 is 0 Å². The van der Waals surface area contributed by atoms with Crippen LogP contribution in [0.1, 0.15) is 27.6 Å². The number of halogens is 1. The van der Waals surface area contributed by atoms with Gasteiger partial charge in [0.15, 0.2) is 5.76 Å². The maximum atomic E-state index is 12.6. The van der Waals surface area contributed by atoms with E-state index >= 15 is 0 Å². The Morgan fingerprint density at radius 3 is 2.64 bits per heavy atom. The van der Waals surface area contributed by atoms with Gasteiger partial charge in [0.25, 0.3) is 5.91 Å². The molecular weight excluding hydrogens is 346 g/mol. The Hall–Kier alpha value is -2.01. The first-order valence-electron chi connectivity index (χ1n) is 6.95. The zero-order valence-corrected chi connectivity index (χ0v) is 14.2. The molecule has 0 fully saturated rings. The van der Waals surface area contributed by atoms with Gasteiger partial charge in [-0.25, -0.2) is 0 Å². The van der Waals surface area contributed by atoms with Crippen molar-refractivity contribution in [2.75, 3.05) is 7.05 Å². The van der Waals surface area contributed by atoms with Gasteiger partial charge in [-0.2, -0.15) is 0 Å². The number of hydrogen-bond donors (Lipinski definition) is 0. The highest BCUT2D eigenvalue weighted by Crippen LogP contribution is 2.29. The van der Waals surface area contributed by atoms with Gasteiger partial charge < -0.3 is 13.7 Å². The first-order chi connectivity index (χ1) is 10.5. The summed E-state index contributed by atoms with van der Waals surface area (Å²) in [5.74, 6) is 1.81. The van der Waals surface area contributed by atoms with Gasteiger partial charge in [-0.05, 0) is 44.2 Å². The molecule has 2 heterocycles. The lowest BCUT2D eigenvalue weighted by Crippen LogP contribution is -2.26. The quantitative estimate of drug-likeness (QED) is 0.680. The van der Waals surface area contributed by atoms with E-state index in [-0.39, 0.29) is 5.91 Å². The predicted octanol–water partition coefficient (Wildman–Crippen LogP) is 4.68. The molecule has 0 N–H and O–H groups in total. The van der Waals surface area contributed by atoms with E-state index in [4.69, 9.17) is 8.83 Å². The molecule has 0 saturated carbocycles. The van der Waals surface area contributed by atoms with Crippen LogP contribution in [0.25, 0.3) is 11.0 Å². The van der Waals surface area contributed by atoms with Gasteiger partial charge in [-0.15, -0.1) is 0 Å². The molecular formula is C17H16BrNO3.